The zero-order valence-corrected chi connectivity index (χ0v) is 9.82. The molecule has 0 amide bonds. The minimum atomic E-state index is -0.342. The number of benzene rings is 1. The van der Waals surface area contributed by atoms with Crippen molar-refractivity contribution in [3.8, 4) is 22.5 Å². The summed E-state index contributed by atoms with van der Waals surface area (Å²) >= 11 is 0. The van der Waals surface area contributed by atoms with Gasteiger partial charge >= 0.3 is 0 Å². The van der Waals surface area contributed by atoms with Gasteiger partial charge in [-0.1, -0.05) is 0 Å². The second kappa shape index (κ2) is 4.53. The van der Waals surface area contributed by atoms with E-state index in [2.05, 4.69) is 9.97 Å². The molecule has 19 heavy (non-hydrogen) atoms. The van der Waals surface area contributed by atoms with Gasteiger partial charge in [0, 0.05) is 23.5 Å². The second-order valence-electron chi connectivity index (χ2n) is 4.01. The fraction of sp³-hybridized carbons (Fsp3) is 0. The van der Waals surface area contributed by atoms with E-state index in [4.69, 9.17) is 0 Å². The smallest absolute Gasteiger partial charge is 0.123 e. The summed E-state index contributed by atoms with van der Waals surface area (Å²) in [5.74, 6) is -0.342. The number of nitrogens with zero attached hydrogens (tertiary/aromatic N) is 3. The molecule has 0 aliphatic rings. The Morgan fingerprint density at radius 3 is 2.32 bits per heavy atom. The van der Waals surface area contributed by atoms with Crippen LogP contribution in [0.4, 0.5) is 4.39 Å². The minimum Gasteiger partial charge on any atom is -0.805 e. The molecular formula is C14H9FN3O-. The summed E-state index contributed by atoms with van der Waals surface area (Å²) in [4.78, 5) is 8.04. The Morgan fingerprint density at radius 1 is 0.947 bits per heavy atom. The van der Waals surface area contributed by atoms with Crippen molar-refractivity contribution in [2.45, 2.75) is 0 Å². The lowest BCUT2D eigenvalue weighted by atomic mass is 10.1. The molecule has 0 radical (unpaired) electrons. The third kappa shape index (κ3) is 2.06. The van der Waals surface area contributed by atoms with Gasteiger partial charge in [-0.2, -0.15) is 0 Å². The van der Waals surface area contributed by atoms with Crippen LogP contribution in [0.2, 0.25) is 0 Å². The third-order valence-corrected chi connectivity index (χ3v) is 2.81. The summed E-state index contributed by atoms with van der Waals surface area (Å²) in [6, 6.07) is 9.30. The first kappa shape index (κ1) is 11.4. The Bertz CT molecular complexity index is 692. The van der Waals surface area contributed by atoms with Crippen molar-refractivity contribution in [3.05, 3.63) is 66.1 Å². The molecule has 0 fully saturated rings. The molecule has 3 rings (SSSR count). The van der Waals surface area contributed by atoms with Gasteiger partial charge in [0.2, 0.25) is 0 Å². The van der Waals surface area contributed by atoms with Gasteiger partial charge in [-0.25, -0.2) is 9.37 Å². The topological polar surface area (TPSA) is 53.8 Å². The maximum atomic E-state index is 12.9. The number of hydrogen-bond acceptors (Lipinski definition) is 3. The molecule has 0 aliphatic carbocycles. The van der Waals surface area contributed by atoms with Gasteiger partial charge in [-0.15, -0.1) is 0 Å². The van der Waals surface area contributed by atoms with E-state index in [1.165, 1.54) is 18.5 Å². The van der Waals surface area contributed by atoms with Gasteiger partial charge in [0.05, 0.1) is 17.7 Å². The zero-order chi connectivity index (χ0) is 13.2. The van der Waals surface area contributed by atoms with E-state index in [0.717, 1.165) is 5.56 Å². The summed E-state index contributed by atoms with van der Waals surface area (Å²) in [5, 5.41) is 11.8. The van der Waals surface area contributed by atoms with Gasteiger partial charge in [-0.05, 0) is 36.4 Å². The minimum absolute atomic E-state index is 0.342. The van der Waals surface area contributed by atoms with Crippen LogP contribution in [0.1, 0.15) is 0 Å². The van der Waals surface area contributed by atoms with Crippen LogP contribution in [0.5, 0.6) is 0 Å². The fourth-order valence-electron chi connectivity index (χ4n) is 1.93. The van der Waals surface area contributed by atoms with Crippen molar-refractivity contribution >= 4 is 0 Å². The lowest BCUT2D eigenvalue weighted by Crippen LogP contribution is -1.90. The van der Waals surface area contributed by atoms with Crippen LogP contribution in [0, 0.1) is 11.0 Å². The first-order valence-corrected chi connectivity index (χ1v) is 5.67. The predicted molar refractivity (Wildman–Crippen MR) is 69.6 cm³/mol. The number of imidazole rings is 1. The van der Waals surface area contributed by atoms with Crippen molar-refractivity contribution in [1.82, 2.24) is 14.7 Å². The summed E-state index contributed by atoms with van der Waals surface area (Å²) in [6.07, 6.45) is 4.47. The number of aromatic nitrogens is 3. The molecule has 3 aromatic rings. The van der Waals surface area contributed by atoms with Crippen LogP contribution in [0.3, 0.4) is 0 Å². The third-order valence-electron chi connectivity index (χ3n) is 2.81. The van der Waals surface area contributed by atoms with Crippen LogP contribution in [0.25, 0.3) is 22.5 Å². The highest BCUT2D eigenvalue weighted by atomic mass is 19.1. The van der Waals surface area contributed by atoms with Crippen molar-refractivity contribution in [3.63, 3.8) is 0 Å². The van der Waals surface area contributed by atoms with Gasteiger partial charge in [0.15, 0.2) is 0 Å². The standard InChI is InChI=1S/C14H9FN3O/c15-12-3-1-11(2-4-12)14-13(17-9-18(14)19)10-5-7-16-8-6-10/h1-9H/q-1. The largest absolute Gasteiger partial charge is 0.805 e. The molecule has 0 aliphatic heterocycles. The summed E-state index contributed by atoms with van der Waals surface area (Å²) in [5.41, 5.74) is 2.39. The maximum Gasteiger partial charge on any atom is 0.123 e. The van der Waals surface area contributed by atoms with Crippen molar-refractivity contribution in [1.29, 1.82) is 0 Å². The molecular weight excluding hydrogens is 245 g/mol. The molecule has 0 spiro atoms. The molecule has 0 saturated carbocycles. The van der Waals surface area contributed by atoms with E-state index < -0.39 is 0 Å². The van der Waals surface area contributed by atoms with Crippen molar-refractivity contribution in [2.75, 3.05) is 0 Å². The van der Waals surface area contributed by atoms with Gasteiger partial charge in [-0.3, -0.25) is 4.98 Å². The SMILES string of the molecule is [O-]n1cnc(-c2ccncc2)c1-c1ccc(F)cc1. The van der Waals surface area contributed by atoms with E-state index in [9.17, 15) is 9.60 Å². The average molecular weight is 254 g/mol. The Kier molecular flexibility index (Phi) is 2.72. The molecule has 0 saturated heterocycles. The molecule has 0 unspecified atom stereocenters. The lowest BCUT2D eigenvalue weighted by molar-refractivity contribution is 0.628. The van der Waals surface area contributed by atoms with Crippen LogP contribution in [0.15, 0.2) is 55.1 Å². The average Bonchev–Trinajstić information content (AvgIpc) is 2.83. The number of halogens is 1. The van der Waals surface area contributed by atoms with E-state index in [1.54, 1.807) is 36.7 Å². The van der Waals surface area contributed by atoms with Crippen LogP contribution >= 0.6 is 0 Å². The Hall–Kier alpha value is -2.69. The van der Waals surface area contributed by atoms with Crippen molar-refractivity contribution < 1.29 is 4.39 Å². The summed E-state index contributed by atoms with van der Waals surface area (Å²) < 4.78 is 13.6. The van der Waals surface area contributed by atoms with Gasteiger partial charge in [0.25, 0.3) is 0 Å². The van der Waals surface area contributed by atoms with Crippen molar-refractivity contribution in [2.24, 2.45) is 0 Å². The van der Waals surface area contributed by atoms with E-state index in [-0.39, 0.29) is 5.82 Å². The number of pyridine rings is 1. The Labute approximate surface area is 108 Å². The Balaban J connectivity index is 2.17. The zero-order valence-electron chi connectivity index (χ0n) is 9.82. The molecule has 0 N–H and O–H groups in total. The highest BCUT2D eigenvalue weighted by Gasteiger charge is 2.11. The summed E-state index contributed by atoms with van der Waals surface area (Å²) in [6.45, 7) is 0. The quantitative estimate of drug-likeness (QED) is 0.706. The molecule has 5 heteroatoms. The highest BCUT2D eigenvalue weighted by molar-refractivity contribution is 5.78. The number of rotatable bonds is 2. The van der Waals surface area contributed by atoms with Crippen LogP contribution in [-0.2, 0) is 0 Å². The van der Waals surface area contributed by atoms with E-state index in [1.807, 2.05) is 0 Å². The van der Waals surface area contributed by atoms with E-state index >= 15 is 0 Å². The lowest BCUT2D eigenvalue weighted by Gasteiger charge is -2.13. The molecule has 4 nitrogen and oxygen atoms in total. The molecule has 94 valence electrons. The molecule has 0 bridgehead atoms. The van der Waals surface area contributed by atoms with Crippen LogP contribution < -0.4 is 0 Å². The second-order valence-corrected chi connectivity index (χ2v) is 4.01. The molecule has 0 atom stereocenters. The predicted octanol–water partition coefficient (Wildman–Crippen LogP) is 3.10. The maximum absolute atomic E-state index is 12.9. The normalized spacial score (nSPS) is 10.6. The Morgan fingerprint density at radius 2 is 1.63 bits per heavy atom. The molecule has 2 aromatic heterocycles. The monoisotopic (exact) mass is 254 g/mol. The molecule has 1 aromatic carbocycles. The number of hydrogen-bond donors (Lipinski definition) is 0. The molecule has 2 heterocycles. The van der Waals surface area contributed by atoms with Gasteiger partial charge < -0.3 is 9.94 Å². The van der Waals surface area contributed by atoms with Crippen LogP contribution in [-0.4, -0.2) is 14.7 Å². The first-order valence-electron chi connectivity index (χ1n) is 5.67. The first-order chi connectivity index (χ1) is 9.25. The van der Waals surface area contributed by atoms with Gasteiger partial charge in [0.1, 0.15) is 5.82 Å². The highest BCUT2D eigenvalue weighted by Crippen LogP contribution is 2.30. The fourth-order valence-corrected chi connectivity index (χ4v) is 1.93. The van der Waals surface area contributed by atoms with E-state index in [0.29, 0.717) is 21.7 Å². The summed E-state index contributed by atoms with van der Waals surface area (Å²) in [7, 11) is 0.